The van der Waals surface area contributed by atoms with Crippen LogP contribution >= 0.6 is 11.8 Å². The summed E-state index contributed by atoms with van der Waals surface area (Å²) >= 11 is 1.82. The van der Waals surface area contributed by atoms with E-state index in [0.717, 1.165) is 24.9 Å². The van der Waals surface area contributed by atoms with Gasteiger partial charge in [-0.05, 0) is 54.8 Å². The van der Waals surface area contributed by atoms with Gasteiger partial charge >= 0.3 is 0 Å². The molecule has 1 aliphatic heterocycles. The Morgan fingerprint density at radius 3 is 2.61 bits per heavy atom. The number of piperidine rings is 1. The summed E-state index contributed by atoms with van der Waals surface area (Å²) in [5.74, 6) is 0.736. The van der Waals surface area contributed by atoms with Crippen LogP contribution in [0.2, 0.25) is 0 Å². The minimum atomic E-state index is -0.307. The fraction of sp³-hybridized carbons (Fsp3) is 0.375. The summed E-state index contributed by atoms with van der Waals surface area (Å²) in [6, 6.07) is 14.2. The zero-order valence-electron chi connectivity index (χ0n) is 17.8. The Bertz CT molecular complexity index is 1020. The number of benzene rings is 2. The first kappa shape index (κ1) is 21.6. The highest BCUT2D eigenvalue weighted by Crippen LogP contribution is 2.29. The summed E-state index contributed by atoms with van der Waals surface area (Å²) in [4.78, 5) is 16.0. The van der Waals surface area contributed by atoms with E-state index in [4.69, 9.17) is 4.42 Å². The van der Waals surface area contributed by atoms with Crippen molar-refractivity contribution in [3.63, 3.8) is 0 Å². The molecule has 1 fully saturated rings. The molecule has 1 aliphatic rings. The first-order valence-corrected chi connectivity index (χ1v) is 11.5. The van der Waals surface area contributed by atoms with Crippen LogP contribution in [0.3, 0.4) is 0 Å². The monoisotopic (exact) mass is 439 g/mol. The van der Waals surface area contributed by atoms with E-state index in [-0.39, 0.29) is 17.6 Å². The normalized spacial score (nSPS) is 16.6. The maximum absolute atomic E-state index is 13.1. The maximum atomic E-state index is 13.1. The van der Waals surface area contributed by atoms with Gasteiger partial charge in [0.2, 0.25) is 17.7 Å². The van der Waals surface area contributed by atoms with Gasteiger partial charge in [-0.3, -0.25) is 4.79 Å². The Morgan fingerprint density at radius 2 is 1.90 bits per heavy atom. The molecule has 4 rings (SSSR count). The fourth-order valence-electron chi connectivity index (χ4n) is 3.76. The number of hydrogen-bond donors (Lipinski definition) is 0. The van der Waals surface area contributed by atoms with Crippen molar-refractivity contribution in [3.05, 3.63) is 65.8 Å². The van der Waals surface area contributed by atoms with E-state index in [1.165, 1.54) is 17.0 Å². The van der Waals surface area contributed by atoms with Crippen LogP contribution in [0.25, 0.3) is 11.5 Å². The summed E-state index contributed by atoms with van der Waals surface area (Å²) in [7, 11) is 0. The molecule has 5 nitrogen and oxygen atoms in total. The van der Waals surface area contributed by atoms with Crippen LogP contribution in [0.1, 0.15) is 44.1 Å². The van der Waals surface area contributed by atoms with Gasteiger partial charge in [-0.1, -0.05) is 26.0 Å². The summed E-state index contributed by atoms with van der Waals surface area (Å²) in [5.41, 5.74) is 1.71. The summed E-state index contributed by atoms with van der Waals surface area (Å²) in [6.45, 7) is 5.66. The number of halogens is 1. The predicted octanol–water partition coefficient (Wildman–Crippen LogP) is 5.32. The standard InChI is InChI=1S/C24H26FN3O2S/c1-16(2)31-21-11-5-17(6-12-21)14-22(29)28-13-3-4-19(15-28)24-27-26-23(30-24)18-7-9-20(25)10-8-18/h5-12,16,19H,3-4,13-15H2,1-2H3. The predicted molar refractivity (Wildman–Crippen MR) is 119 cm³/mol. The van der Waals surface area contributed by atoms with Gasteiger partial charge in [0.15, 0.2) is 0 Å². The van der Waals surface area contributed by atoms with Gasteiger partial charge in [0.1, 0.15) is 5.82 Å². The van der Waals surface area contributed by atoms with E-state index in [1.807, 2.05) is 28.8 Å². The number of rotatable bonds is 6. The lowest BCUT2D eigenvalue weighted by atomic mass is 9.97. The molecular weight excluding hydrogens is 413 g/mol. The molecule has 2 aromatic carbocycles. The molecule has 0 radical (unpaired) electrons. The Morgan fingerprint density at radius 1 is 1.16 bits per heavy atom. The van der Waals surface area contributed by atoms with Crippen LogP contribution in [-0.4, -0.2) is 39.3 Å². The van der Waals surface area contributed by atoms with Gasteiger partial charge in [-0.25, -0.2) is 4.39 Å². The first-order chi connectivity index (χ1) is 15.0. The number of aromatic nitrogens is 2. The summed E-state index contributed by atoms with van der Waals surface area (Å²) < 4.78 is 19.0. The van der Waals surface area contributed by atoms with Gasteiger partial charge in [0, 0.05) is 28.8 Å². The van der Waals surface area contributed by atoms with E-state index in [9.17, 15) is 9.18 Å². The third kappa shape index (κ3) is 5.53. The highest BCUT2D eigenvalue weighted by Gasteiger charge is 2.28. The molecule has 2 heterocycles. The maximum Gasteiger partial charge on any atom is 0.247 e. The molecule has 162 valence electrons. The van der Waals surface area contributed by atoms with Crippen LogP contribution in [0.15, 0.2) is 57.8 Å². The molecule has 0 saturated carbocycles. The van der Waals surface area contributed by atoms with Gasteiger partial charge in [0.25, 0.3) is 0 Å². The molecule has 1 unspecified atom stereocenters. The second-order valence-corrected chi connectivity index (χ2v) is 9.77. The van der Waals surface area contributed by atoms with Crippen molar-refractivity contribution >= 4 is 17.7 Å². The zero-order chi connectivity index (χ0) is 21.8. The Balaban J connectivity index is 1.38. The van der Waals surface area contributed by atoms with E-state index in [1.54, 1.807) is 12.1 Å². The van der Waals surface area contributed by atoms with Crippen LogP contribution in [-0.2, 0) is 11.2 Å². The van der Waals surface area contributed by atoms with Crippen LogP contribution in [0.4, 0.5) is 4.39 Å². The fourth-order valence-corrected chi connectivity index (χ4v) is 4.60. The van der Waals surface area contributed by atoms with Crippen LogP contribution < -0.4 is 0 Å². The van der Waals surface area contributed by atoms with Gasteiger partial charge in [-0.2, -0.15) is 0 Å². The van der Waals surface area contributed by atoms with Crippen molar-refractivity contribution in [1.29, 1.82) is 0 Å². The third-order valence-electron chi connectivity index (χ3n) is 5.31. The number of likely N-dealkylation sites (tertiary alicyclic amines) is 1. The first-order valence-electron chi connectivity index (χ1n) is 10.6. The molecule has 0 bridgehead atoms. The number of carbonyl (C=O) groups excluding carboxylic acids is 1. The second-order valence-electron chi connectivity index (χ2n) is 8.12. The average molecular weight is 440 g/mol. The zero-order valence-corrected chi connectivity index (χ0v) is 18.6. The van der Waals surface area contributed by atoms with Crippen molar-refractivity contribution in [1.82, 2.24) is 15.1 Å². The molecule has 0 aliphatic carbocycles. The van der Waals surface area contributed by atoms with Crippen LogP contribution in [0.5, 0.6) is 0 Å². The minimum absolute atomic E-state index is 0.0178. The molecule has 1 amide bonds. The van der Waals surface area contributed by atoms with Crippen molar-refractivity contribution < 1.29 is 13.6 Å². The molecule has 1 aromatic heterocycles. The lowest BCUT2D eigenvalue weighted by Gasteiger charge is -2.31. The minimum Gasteiger partial charge on any atom is -0.420 e. The molecular formula is C24H26FN3O2S. The highest BCUT2D eigenvalue weighted by atomic mass is 32.2. The SMILES string of the molecule is CC(C)Sc1ccc(CC(=O)N2CCCC(c3nnc(-c4ccc(F)cc4)o3)C2)cc1. The number of carbonyl (C=O) groups is 1. The molecule has 0 N–H and O–H groups in total. The van der Waals surface area contributed by atoms with E-state index < -0.39 is 0 Å². The topological polar surface area (TPSA) is 59.2 Å². The second kappa shape index (κ2) is 9.64. The summed E-state index contributed by atoms with van der Waals surface area (Å²) in [5, 5.41) is 8.85. The van der Waals surface area contributed by atoms with Crippen LogP contribution in [0, 0.1) is 5.82 Å². The smallest absolute Gasteiger partial charge is 0.247 e. The average Bonchev–Trinajstić information content (AvgIpc) is 3.26. The van der Waals surface area contributed by atoms with E-state index in [2.05, 4.69) is 36.2 Å². The Hall–Kier alpha value is -2.67. The number of nitrogens with zero attached hydrogens (tertiary/aromatic N) is 3. The molecule has 0 spiro atoms. The molecule has 3 aromatic rings. The van der Waals surface area contributed by atoms with Gasteiger partial charge < -0.3 is 9.32 Å². The Labute approximate surface area is 186 Å². The number of amides is 1. The van der Waals surface area contributed by atoms with Crippen molar-refractivity contribution in [2.24, 2.45) is 0 Å². The van der Waals surface area contributed by atoms with Crippen molar-refractivity contribution in [2.45, 2.75) is 49.2 Å². The van der Waals surface area contributed by atoms with Gasteiger partial charge in [-0.15, -0.1) is 22.0 Å². The quantitative estimate of drug-likeness (QED) is 0.486. The van der Waals surface area contributed by atoms with Gasteiger partial charge in [0.05, 0.1) is 12.3 Å². The number of thioether (sulfide) groups is 1. The van der Waals surface area contributed by atoms with E-state index >= 15 is 0 Å². The molecule has 31 heavy (non-hydrogen) atoms. The third-order valence-corrected chi connectivity index (χ3v) is 6.32. The largest absolute Gasteiger partial charge is 0.420 e. The lowest BCUT2D eigenvalue weighted by Crippen LogP contribution is -2.40. The molecule has 1 saturated heterocycles. The van der Waals surface area contributed by atoms with Crippen molar-refractivity contribution in [2.75, 3.05) is 13.1 Å². The number of hydrogen-bond acceptors (Lipinski definition) is 5. The Kier molecular flexibility index (Phi) is 6.70. The highest BCUT2D eigenvalue weighted by molar-refractivity contribution is 7.99. The molecule has 7 heteroatoms. The lowest BCUT2D eigenvalue weighted by molar-refractivity contribution is -0.131. The van der Waals surface area contributed by atoms with E-state index in [0.29, 0.717) is 35.6 Å². The molecule has 1 atom stereocenters. The van der Waals surface area contributed by atoms with Crippen molar-refractivity contribution in [3.8, 4) is 11.5 Å². The summed E-state index contributed by atoms with van der Waals surface area (Å²) in [6.07, 6.45) is 2.19.